The average molecular weight is 335 g/mol. The molecule has 1 saturated heterocycles. The van der Waals surface area contributed by atoms with Crippen LogP contribution in [0.1, 0.15) is 44.0 Å². The zero-order valence-corrected chi connectivity index (χ0v) is 14.8. The van der Waals surface area contributed by atoms with Crippen molar-refractivity contribution in [3.05, 3.63) is 29.8 Å². The fourth-order valence-corrected chi connectivity index (χ4v) is 3.95. The summed E-state index contributed by atoms with van der Waals surface area (Å²) in [6, 6.07) is 7.32. The van der Waals surface area contributed by atoms with Crippen LogP contribution in [-0.2, 0) is 4.79 Å². The normalized spacial score (nSPS) is 19.1. The van der Waals surface area contributed by atoms with Crippen LogP contribution < -0.4 is 0 Å². The highest BCUT2D eigenvalue weighted by atomic mass is 32.2. The van der Waals surface area contributed by atoms with Crippen molar-refractivity contribution in [2.45, 2.75) is 43.8 Å². The summed E-state index contributed by atoms with van der Waals surface area (Å²) >= 11 is 1.23. The summed E-state index contributed by atoms with van der Waals surface area (Å²) < 4.78 is 0. The first kappa shape index (κ1) is 17.9. The third-order valence-corrected chi connectivity index (χ3v) is 5.31. The van der Waals surface area contributed by atoms with Crippen LogP contribution >= 0.6 is 11.8 Å². The first-order valence-corrected chi connectivity index (χ1v) is 9.04. The zero-order chi connectivity index (χ0) is 17.0. The molecule has 1 amide bonds. The van der Waals surface area contributed by atoms with Gasteiger partial charge in [0.25, 0.3) is 5.91 Å². The van der Waals surface area contributed by atoms with Gasteiger partial charge in [-0.05, 0) is 43.7 Å². The molecular formula is C18H25NO3S. The van der Waals surface area contributed by atoms with Crippen molar-refractivity contribution < 1.29 is 14.7 Å². The molecule has 1 fully saturated rings. The van der Waals surface area contributed by atoms with Crippen LogP contribution in [0.25, 0.3) is 0 Å². The van der Waals surface area contributed by atoms with Gasteiger partial charge >= 0.3 is 5.97 Å². The summed E-state index contributed by atoms with van der Waals surface area (Å²) in [5, 5.41) is 8.51. The van der Waals surface area contributed by atoms with E-state index < -0.39 is 11.2 Å². The molecule has 1 aromatic carbocycles. The maximum Gasteiger partial charge on any atom is 0.316 e. The van der Waals surface area contributed by atoms with Crippen molar-refractivity contribution in [2.75, 3.05) is 13.1 Å². The molecule has 4 nitrogen and oxygen atoms in total. The Bertz CT molecular complexity index is 573. The second kappa shape index (κ2) is 7.86. The molecule has 0 spiro atoms. The molecule has 2 atom stereocenters. The van der Waals surface area contributed by atoms with Crippen LogP contribution in [0.2, 0.25) is 0 Å². The standard InChI is InChI=1S/C18H25NO3S/c1-12(2)10-14-8-9-19(11-14)17(20)15-6-4-5-7-16(15)23-13(3)18(21)22/h4-7,12-14H,8-11H2,1-3H3,(H,21,22). The molecule has 1 aliphatic rings. The molecule has 1 heterocycles. The molecule has 1 N–H and O–H groups in total. The molecule has 0 aromatic heterocycles. The minimum absolute atomic E-state index is 0.0249. The molecule has 0 radical (unpaired) electrons. The van der Waals surface area contributed by atoms with E-state index in [1.54, 1.807) is 13.0 Å². The fraction of sp³-hybridized carbons (Fsp3) is 0.556. The minimum atomic E-state index is -0.865. The molecular weight excluding hydrogens is 310 g/mol. The molecule has 2 rings (SSSR count). The van der Waals surface area contributed by atoms with Gasteiger partial charge in [0, 0.05) is 18.0 Å². The number of rotatable bonds is 6. The average Bonchev–Trinajstić information content (AvgIpc) is 2.94. The number of carboxylic acid groups (broad SMARTS) is 1. The highest BCUT2D eigenvalue weighted by Gasteiger charge is 2.29. The Morgan fingerprint density at radius 2 is 2.00 bits per heavy atom. The van der Waals surface area contributed by atoms with Gasteiger partial charge in [-0.1, -0.05) is 26.0 Å². The lowest BCUT2D eigenvalue weighted by Crippen LogP contribution is -2.29. The number of aliphatic carboxylic acids is 1. The molecule has 126 valence electrons. The smallest absolute Gasteiger partial charge is 0.316 e. The van der Waals surface area contributed by atoms with Gasteiger partial charge in [-0.15, -0.1) is 11.8 Å². The van der Waals surface area contributed by atoms with Crippen LogP contribution in [-0.4, -0.2) is 40.2 Å². The molecule has 0 saturated carbocycles. The summed E-state index contributed by atoms with van der Waals surface area (Å²) in [7, 11) is 0. The Labute approximate surface area is 142 Å². The number of nitrogens with zero attached hydrogens (tertiary/aromatic N) is 1. The van der Waals surface area contributed by atoms with Crippen molar-refractivity contribution in [1.82, 2.24) is 4.90 Å². The number of carbonyl (C=O) groups excluding carboxylic acids is 1. The highest BCUT2D eigenvalue weighted by molar-refractivity contribution is 8.00. The largest absolute Gasteiger partial charge is 0.480 e. The second-order valence-corrected chi connectivity index (χ2v) is 8.01. The van der Waals surface area contributed by atoms with Gasteiger partial charge in [0.1, 0.15) is 5.25 Å². The number of benzene rings is 1. The monoisotopic (exact) mass is 335 g/mol. The summed E-state index contributed by atoms with van der Waals surface area (Å²) in [6.45, 7) is 7.67. The van der Waals surface area contributed by atoms with E-state index >= 15 is 0 Å². The fourth-order valence-electron chi connectivity index (χ4n) is 3.03. The number of carboxylic acids is 1. The van der Waals surface area contributed by atoms with Crippen molar-refractivity contribution in [1.29, 1.82) is 0 Å². The maximum atomic E-state index is 12.8. The number of hydrogen-bond donors (Lipinski definition) is 1. The number of likely N-dealkylation sites (tertiary alicyclic amines) is 1. The Hall–Kier alpha value is -1.49. The Morgan fingerprint density at radius 3 is 2.65 bits per heavy atom. The SMILES string of the molecule is CC(C)CC1CCN(C(=O)c2ccccc2SC(C)C(=O)O)C1. The Balaban J connectivity index is 2.09. The van der Waals surface area contributed by atoms with Crippen molar-refractivity contribution in [3.63, 3.8) is 0 Å². The lowest BCUT2D eigenvalue weighted by Gasteiger charge is -2.19. The Morgan fingerprint density at radius 1 is 1.30 bits per heavy atom. The van der Waals surface area contributed by atoms with E-state index in [1.165, 1.54) is 11.8 Å². The molecule has 0 aliphatic carbocycles. The maximum absolute atomic E-state index is 12.8. The molecule has 23 heavy (non-hydrogen) atoms. The molecule has 1 aliphatic heterocycles. The van der Waals surface area contributed by atoms with Crippen LogP contribution in [0.3, 0.4) is 0 Å². The molecule has 1 aromatic rings. The van der Waals surface area contributed by atoms with Crippen LogP contribution in [0.15, 0.2) is 29.2 Å². The summed E-state index contributed by atoms with van der Waals surface area (Å²) in [5.74, 6) is 0.387. The number of carbonyl (C=O) groups is 2. The second-order valence-electron chi connectivity index (χ2n) is 6.63. The van der Waals surface area contributed by atoms with E-state index in [0.717, 1.165) is 30.8 Å². The van der Waals surface area contributed by atoms with Gasteiger partial charge in [-0.2, -0.15) is 0 Å². The van der Waals surface area contributed by atoms with E-state index in [0.29, 0.717) is 17.4 Å². The number of amides is 1. The quantitative estimate of drug-likeness (QED) is 0.804. The Kier molecular flexibility index (Phi) is 6.10. The van der Waals surface area contributed by atoms with Crippen molar-refractivity contribution in [3.8, 4) is 0 Å². The molecule has 5 heteroatoms. The van der Waals surface area contributed by atoms with E-state index in [1.807, 2.05) is 23.1 Å². The van der Waals surface area contributed by atoms with Crippen LogP contribution in [0.5, 0.6) is 0 Å². The third kappa shape index (κ3) is 4.74. The summed E-state index contributed by atoms with van der Waals surface area (Å²) in [6.07, 6.45) is 2.21. The first-order chi connectivity index (χ1) is 10.9. The number of thioether (sulfide) groups is 1. The summed E-state index contributed by atoms with van der Waals surface area (Å²) in [5.41, 5.74) is 0.621. The van der Waals surface area contributed by atoms with Crippen molar-refractivity contribution in [2.24, 2.45) is 11.8 Å². The van der Waals surface area contributed by atoms with Crippen molar-refractivity contribution >= 4 is 23.6 Å². The number of hydrogen-bond acceptors (Lipinski definition) is 3. The van der Waals surface area contributed by atoms with Gasteiger partial charge in [0.05, 0.1) is 5.56 Å². The topological polar surface area (TPSA) is 57.6 Å². The lowest BCUT2D eigenvalue weighted by molar-refractivity contribution is -0.136. The van der Waals surface area contributed by atoms with E-state index in [2.05, 4.69) is 13.8 Å². The van der Waals surface area contributed by atoms with E-state index in [9.17, 15) is 9.59 Å². The first-order valence-electron chi connectivity index (χ1n) is 8.16. The molecule has 2 unspecified atom stereocenters. The van der Waals surface area contributed by atoms with Gasteiger partial charge in [0.15, 0.2) is 0 Å². The van der Waals surface area contributed by atoms with Gasteiger partial charge in [-0.25, -0.2) is 0 Å². The van der Waals surface area contributed by atoms with Gasteiger partial charge in [-0.3, -0.25) is 9.59 Å². The lowest BCUT2D eigenvalue weighted by atomic mass is 9.97. The summed E-state index contributed by atoms with van der Waals surface area (Å²) in [4.78, 5) is 26.6. The zero-order valence-electron chi connectivity index (χ0n) is 14.0. The van der Waals surface area contributed by atoms with E-state index in [4.69, 9.17) is 5.11 Å². The minimum Gasteiger partial charge on any atom is -0.480 e. The predicted octanol–water partition coefficient (Wildman–Crippen LogP) is 3.76. The highest BCUT2D eigenvalue weighted by Crippen LogP contribution is 2.30. The van der Waals surface area contributed by atoms with Gasteiger partial charge in [0.2, 0.25) is 0 Å². The molecule has 0 bridgehead atoms. The van der Waals surface area contributed by atoms with E-state index in [-0.39, 0.29) is 5.91 Å². The van der Waals surface area contributed by atoms with Crippen LogP contribution in [0.4, 0.5) is 0 Å². The van der Waals surface area contributed by atoms with Gasteiger partial charge < -0.3 is 10.0 Å². The predicted molar refractivity (Wildman–Crippen MR) is 92.9 cm³/mol. The van der Waals surface area contributed by atoms with Crippen LogP contribution in [0, 0.1) is 11.8 Å². The third-order valence-electron chi connectivity index (χ3n) is 4.15.